The summed E-state index contributed by atoms with van der Waals surface area (Å²) < 4.78 is 32.5. The number of carbonyl (C=O) groups excluding carboxylic acids is 1. The van der Waals surface area contributed by atoms with Gasteiger partial charge in [0.15, 0.2) is 0 Å². The first-order chi connectivity index (χ1) is 18.1. The number of pyridine rings is 2. The third kappa shape index (κ3) is 3.90. The summed E-state index contributed by atoms with van der Waals surface area (Å²) in [7, 11) is -1.83. The highest BCUT2D eigenvalue weighted by atomic mass is 32.2. The molecule has 3 aliphatic rings. The Kier molecular flexibility index (Phi) is 5.49. The summed E-state index contributed by atoms with van der Waals surface area (Å²) in [5, 5.41) is 9.92. The molecule has 0 atom stereocenters. The molecular formula is C26H27N5O6S. The molecule has 0 unspecified atom stereocenters. The lowest BCUT2D eigenvalue weighted by atomic mass is 9.64. The normalized spacial score (nSPS) is 18.3. The van der Waals surface area contributed by atoms with E-state index in [1.165, 1.54) is 4.90 Å². The van der Waals surface area contributed by atoms with E-state index in [2.05, 4.69) is 14.7 Å². The van der Waals surface area contributed by atoms with Crippen molar-refractivity contribution in [1.29, 1.82) is 0 Å². The van der Waals surface area contributed by atoms with Crippen LogP contribution in [0.3, 0.4) is 0 Å². The van der Waals surface area contributed by atoms with Gasteiger partial charge in [-0.1, -0.05) is 12.5 Å². The molecule has 12 heteroatoms. The average Bonchev–Trinajstić information content (AvgIpc) is 3.04. The molecule has 2 aliphatic heterocycles. The van der Waals surface area contributed by atoms with Gasteiger partial charge in [-0.05, 0) is 36.6 Å². The molecule has 0 bridgehead atoms. The maximum Gasteiger partial charge on any atom is 0.407 e. The lowest BCUT2D eigenvalue weighted by Gasteiger charge is -2.37. The molecule has 0 radical (unpaired) electrons. The molecule has 6 rings (SSSR count). The minimum Gasteiger partial charge on any atom is -0.476 e. The number of carbonyl (C=O) groups is 2. The monoisotopic (exact) mass is 537 g/mol. The van der Waals surface area contributed by atoms with Crippen molar-refractivity contribution in [3.05, 3.63) is 42.2 Å². The smallest absolute Gasteiger partial charge is 0.407 e. The van der Waals surface area contributed by atoms with Crippen LogP contribution in [0.1, 0.15) is 24.8 Å². The Morgan fingerprint density at radius 2 is 1.95 bits per heavy atom. The van der Waals surface area contributed by atoms with Crippen LogP contribution >= 0.6 is 0 Å². The third-order valence-corrected chi connectivity index (χ3v) is 8.36. The van der Waals surface area contributed by atoms with Crippen molar-refractivity contribution in [2.24, 2.45) is 5.92 Å². The number of likely N-dealkylation sites (tertiary alicyclic amines) is 1. The van der Waals surface area contributed by atoms with E-state index in [-0.39, 0.29) is 30.0 Å². The average molecular weight is 538 g/mol. The van der Waals surface area contributed by atoms with Crippen molar-refractivity contribution in [3.63, 3.8) is 0 Å². The molecule has 1 saturated carbocycles. The van der Waals surface area contributed by atoms with Crippen molar-refractivity contribution in [3.8, 4) is 17.0 Å². The van der Waals surface area contributed by atoms with E-state index >= 15 is 0 Å². The number of benzene rings is 1. The fourth-order valence-electron chi connectivity index (χ4n) is 5.68. The van der Waals surface area contributed by atoms with Crippen molar-refractivity contribution < 1.29 is 27.9 Å². The van der Waals surface area contributed by atoms with Crippen molar-refractivity contribution in [1.82, 2.24) is 14.9 Å². The highest BCUT2D eigenvalue weighted by molar-refractivity contribution is 7.92. The number of anilines is 2. The summed E-state index contributed by atoms with van der Waals surface area (Å²) >= 11 is 0. The fraction of sp³-hybridized carbons (Fsp3) is 0.385. The Labute approximate surface area is 219 Å². The summed E-state index contributed by atoms with van der Waals surface area (Å²) in [4.78, 5) is 36.1. The first kappa shape index (κ1) is 24.4. The van der Waals surface area contributed by atoms with Gasteiger partial charge in [-0.3, -0.25) is 14.5 Å². The second-order valence-corrected chi connectivity index (χ2v) is 12.1. The van der Waals surface area contributed by atoms with Gasteiger partial charge >= 0.3 is 6.09 Å². The molecule has 4 heterocycles. The number of fused-ring (bicyclic) bond motifs is 4. The van der Waals surface area contributed by atoms with E-state index in [4.69, 9.17) is 9.84 Å². The number of hydrogen-bond acceptors (Lipinski definition) is 7. The largest absolute Gasteiger partial charge is 0.476 e. The molecular weight excluding hydrogens is 510 g/mol. The Hall–Kier alpha value is -3.93. The molecule has 1 aliphatic carbocycles. The molecule has 198 valence electrons. The van der Waals surface area contributed by atoms with Crippen molar-refractivity contribution in [2.75, 3.05) is 42.6 Å². The SMILES string of the molecule is CN1C(=O)C2(CCC2)c2c1cnc1ccc(-c3cnc(OCC4CN(C(=O)O)C4)c(NS(C)(=O)=O)c3)cc21. The molecule has 1 spiro atoms. The van der Waals surface area contributed by atoms with Gasteiger partial charge in [0, 0.05) is 48.8 Å². The van der Waals surface area contributed by atoms with E-state index in [1.807, 2.05) is 18.2 Å². The Balaban J connectivity index is 1.35. The van der Waals surface area contributed by atoms with Crippen LogP contribution in [-0.4, -0.2) is 73.4 Å². The zero-order valence-electron chi connectivity index (χ0n) is 21.0. The molecule has 2 fully saturated rings. The Morgan fingerprint density at radius 3 is 2.61 bits per heavy atom. The maximum atomic E-state index is 13.1. The Bertz CT molecular complexity index is 1600. The second-order valence-electron chi connectivity index (χ2n) is 10.4. The van der Waals surface area contributed by atoms with Gasteiger partial charge in [0.05, 0.1) is 35.7 Å². The van der Waals surface area contributed by atoms with Crippen LogP contribution in [0.25, 0.3) is 22.0 Å². The number of hydrogen-bond donors (Lipinski definition) is 2. The molecule has 1 aromatic carbocycles. The first-order valence-electron chi connectivity index (χ1n) is 12.4. The molecule has 2 N–H and O–H groups in total. The molecule has 2 amide bonds. The third-order valence-electron chi connectivity index (χ3n) is 7.77. The van der Waals surface area contributed by atoms with Gasteiger partial charge in [-0.25, -0.2) is 18.2 Å². The molecule has 11 nitrogen and oxygen atoms in total. The van der Waals surface area contributed by atoms with Crippen molar-refractivity contribution in [2.45, 2.75) is 24.7 Å². The number of nitrogens with one attached hydrogen (secondary N) is 1. The first-order valence-corrected chi connectivity index (χ1v) is 14.3. The van der Waals surface area contributed by atoms with Gasteiger partial charge in [0.1, 0.15) is 5.69 Å². The zero-order chi connectivity index (χ0) is 26.8. The van der Waals surface area contributed by atoms with E-state index in [9.17, 15) is 18.0 Å². The summed E-state index contributed by atoms with van der Waals surface area (Å²) in [5.41, 5.74) is 3.81. The van der Waals surface area contributed by atoms with E-state index < -0.39 is 21.5 Å². The minimum absolute atomic E-state index is 0.00779. The van der Waals surface area contributed by atoms with Crippen LogP contribution in [0.2, 0.25) is 0 Å². The van der Waals surface area contributed by atoms with Gasteiger partial charge in [-0.15, -0.1) is 0 Å². The second kappa shape index (κ2) is 8.55. The van der Waals surface area contributed by atoms with Gasteiger partial charge < -0.3 is 19.6 Å². The number of amides is 2. The molecule has 1 saturated heterocycles. The van der Waals surface area contributed by atoms with E-state index in [0.29, 0.717) is 18.7 Å². The van der Waals surface area contributed by atoms with E-state index in [1.54, 1.807) is 30.4 Å². The van der Waals surface area contributed by atoms with Crippen LogP contribution in [0.4, 0.5) is 16.2 Å². The number of nitrogens with zero attached hydrogens (tertiary/aromatic N) is 4. The predicted octanol–water partition coefficient (Wildman–Crippen LogP) is 3.06. The van der Waals surface area contributed by atoms with Gasteiger partial charge in [0.2, 0.25) is 21.8 Å². The number of likely N-dealkylation sites (N-methyl/N-ethyl adjacent to an activating group) is 1. The fourth-order valence-corrected chi connectivity index (χ4v) is 6.22. The van der Waals surface area contributed by atoms with Crippen LogP contribution < -0.4 is 14.4 Å². The maximum absolute atomic E-state index is 13.1. The summed E-state index contributed by atoms with van der Waals surface area (Å²) in [6, 6.07) is 7.46. The molecule has 2 aromatic heterocycles. The highest BCUT2D eigenvalue weighted by Crippen LogP contribution is 2.55. The van der Waals surface area contributed by atoms with Crippen LogP contribution in [-0.2, 0) is 20.2 Å². The number of sulfonamides is 1. The van der Waals surface area contributed by atoms with E-state index in [0.717, 1.165) is 53.2 Å². The molecule has 38 heavy (non-hydrogen) atoms. The number of ether oxygens (including phenoxy) is 1. The summed E-state index contributed by atoms with van der Waals surface area (Å²) in [5.74, 6) is 0.240. The highest BCUT2D eigenvalue weighted by Gasteiger charge is 2.54. The van der Waals surface area contributed by atoms with Crippen LogP contribution in [0, 0.1) is 5.92 Å². The summed E-state index contributed by atoms with van der Waals surface area (Å²) in [6.07, 6.45) is 6.09. The van der Waals surface area contributed by atoms with Crippen LogP contribution in [0.15, 0.2) is 36.7 Å². The number of rotatable bonds is 6. The standard InChI is InChI=1S/C26H27N5O6S/c1-30-21-11-27-19-5-4-16(8-18(19)22(21)26(24(30)32)6-3-7-26)17-9-20(29-38(2,35)36)23(28-10-17)37-14-15-12-31(13-15)25(33)34/h4-5,8-11,15,29H,3,6-7,12-14H2,1-2H3,(H,33,34). The van der Waals surface area contributed by atoms with Crippen LogP contribution in [0.5, 0.6) is 5.88 Å². The quantitative estimate of drug-likeness (QED) is 0.489. The van der Waals surface area contributed by atoms with Gasteiger partial charge in [-0.2, -0.15) is 0 Å². The Morgan fingerprint density at radius 1 is 1.18 bits per heavy atom. The number of carboxylic acid groups (broad SMARTS) is 1. The van der Waals surface area contributed by atoms with Crippen molar-refractivity contribution >= 4 is 44.3 Å². The lowest BCUT2D eigenvalue weighted by molar-refractivity contribution is -0.125. The minimum atomic E-state index is -3.62. The topological polar surface area (TPSA) is 142 Å². The number of aromatic nitrogens is 2. The molecule has 3 aromatic rings. The van der Waals surface area contributed by atoms with Gasteiger partial charge in [0.25, 0.3) is 0 Å². The summed E-state index contributed by atoms with van der Waals surface area (Å²) in [6.45, 7) is 0.930. The zero-order valence-corrected chi connectivity index (χ0v) is 21.8. The lowest BCUT2D eigenvalue weighted by Crippen LogP contribution is -2.51. The predicted molar refractivity (Wildman–Crippen MR) is 141 cm³/mol.